The normalized spacial score (nSPS) is 14.9. The lowest BCUT2D eigenvalue weighted by molar-refractivity contribution is -0.139. The van der Waals surface area contributed by atoms with E-state index in [9.17, 15) is 9.59 Å². The first kappa shape index (κ1) is 19.0. The zero-order chi connectivity index (χ0) is 19.4. The van der Waals surface area contributed by atoms with Gasteiger partial charge in [0, 0.05) is 42.8 Å². The van der Waals surface area contributed by atoms with E-state index < -0.39 is 0 Å². The Morgan fingerprint density at radius 3 is 2.26 bits per heavy atom. The average Bonchev–Trinajstić information content (AvgIpc) is 3.19. The molecule has 1 fully saturated rings. The average molecular weight is 369 g/mol. The SMILES string of the molecule is CC(C)(C)C(=O)N1CCN(c2ccc(C(=O)NCc3ccco3)cc2)CC1. The number of hydrogen-bond donors (Lipinski definition) is 1. The van der Waals surface area contributed by atoms with E-state index in [4.69, 9.17) is 4.42 Å². The maximum Gasteiger partial charge on any atom is 0.251 e. The number of nitrogens with zero attached hydrogens (tertiary/aromatic N) is 2. The molecule has 27 heavy (non-hydrogen) atoms. The third-order valence-corrected chi connectivity index (χ3v) is 4.71. The van der Waals surface area contributed by atoms with Gasteiger partial charge in [0.05, 0.1) is 12.8 Å². The van der Waals surface area contributed by atoms with E-state index in [0.717, 1.165) is 37.6 Å². The second kappa shape index (κ2) is 7.86. The van der Waals surface area contributed by atoms with Gasteiger partial charge in [0.1, 0.15) is 5.76 Å². The monoisotopic (exact) mass is 369 g/mol. The minimum absolute atomic E-state index is 0.126. The number of amides is 2. The molecule has 0 unspecified atom stereocenters. The summed E-state index contributed by atoms with van der Waals surface area (Å²) in [5.74, 6) is 0.798. The van der Waals surface area contributed by atoms with Crippen LogP contribution in [0, 0.1) is 5.41 Å². The van der Waals surface area contributed by atoms with Crippen molar-refractivity contribution in [3.63, 3.8) is 0 Å². The quantitative estimate of drug-likeness (QED) is 0.900. The number of benzene rings is 1. The smallest absolute Gasteiger partial charge is 0.251 e. The highest BCUT2D eigenvalue weighted by molar-refractivity contribution is 5.94. The Bertz CT molecular complexity index is 768. The molecule has 6 heteroatoms. The van der Waals surface area contributed by atoms with Crippen LogP contribution >= 0.6 is 0 Å². The van der Waals surface area contributed by atoms with Gasteiger partial charge >= 0.3 is 0 Å². The van der Waals surface area contributed by atoms with Crippen LogP contribution in [-0.2, 0) is 11.3 Å². The fourth-order valence-electron chi connectivity index (χ4n) is 3.15. The van der Waals surface area contributed by atoms with Crippen molar-refractivity contribution in [1.29, 1.82) is 0 Å². The number of hydrogen-bond acceptors (Lipinski definition) is 4. The molecule has 1 aliphatic heterocycles. The van der Waals surface area contributed by atoms with Gasteiger partial charge in [-0.15, -0.1) is 0 Å². The highest BCUT2D eigenvalue weighted by atomic mass is 16.3. The van der Waals surface area contributed by atoms with E-state index in [1.54, 1.807) is 12.3 Å². The fraction of sp³-hybridized carbons (Fsp3) is 0.429. The van der Waals surface area contributed by atoms with Crippen molar-refractivity contribution >= 4 is 17.5 Å². The van der Waals surface area contributed by atoms with Gasteiger partial charge in [0.2, 0.25) is 5.91 Å². The van der Waals surface area contributed by atoms with E-state index >= 15 is 0 Å². The van der Waals surface area contributed by atoms with Crippen LogP contribution in [0.3, 0.4) is 0 Å². The van der Waals surface area contributed by atoms with E-state index in [1.807, 2.05) is 56.0 Å². The van der Waals surface area contributed by atoms with Crippen molar-refractivity contribution in [1.82, 2.24) is 10.2 Å². The van der Waals surface area contributed by atoms with Crippen molar-refractivity contribution in [3.8, 4) is 0 Å². The Balaban J connectivity index is 1.53. The lowest BCUT2D eigenvalue weighted by atomic mass is 9.94. The van der Waals surface area contributed by atoms with Crippen LogP contribution in [-0.4, -0.2) is 42.9 Å². The van der Waals surface area contributed by atoms with Crippen LogP contribution in [0.2, 0.25) is 0 Å². The Hall–Kier alpha value is -2.76. The first-order valence-corrected chi connectivity index (χ1v) is 9.29. The Morgan fingerprint density at radius 2 is 1.70 bits per heavy atom. The number of carbonyl (C=O) groups is 2. The predicted molar refractivity (Wildman–Crippen MR) is 105 cm³/mol. The molecule has 6 nitrogen and oxygen atoms in total. The summed E-state index contributed by atoms with van der Waals surface area (Å²) in [7, 11) is 0. The maximum absolute atomic E-state index is 12.4. The molecule has 0 aliphatic carbocycles. The van der Waals surface area contributed by atoms with Crippen LogP contribution in [0.1, 0.15) is 36.9 Å². The number of anilines is 1. The van der Waals surface area contributed by atoms with Crippen molar-refractivity contribution in [2.75, 3.05) is 31.1 Å². The molecule has 1 aromatic heterocycles. The van der Waals surface area contributed by atoms with Gasteiger partial charge in [-0.1, -0.05) is 20.8 Å². The molecule has 0 saturated carbocycles. The molecule has 1 aromatic carbocycles. The van der Waals surface area contributed by atoms with Crippen LogP contribution in [0.4, 0.5) is 5.69 Å². The number of rotatable bonds is 4. The highest BCUT2D eigenvalue weighted by Crippen LogP contribution is 2.21. The van der Waals surface area contributed by atoms with Crippen molar-refractivity contribution in [3.05, 3.63) is 54.0 Å². The lowest BCUT2D eigenvalue weighted by Crippen LogP contribution is -2.51. The van der Waals surface area contributed by atoms with Crippen LogP contribution in [0.15, 0.2) is 47.1 Å². The highest BCUT2D eigenvalue weighted by Gasteiger charge is 2.29. The third-order valence-electron chi connectivity index (χ3n) is 4.71. The lowest BCUT2D eigenvalue weighted by Gasteiger charge is -2.38. The summed E-state index contributed by atoms with van der Waals surface area (Å²) in [6.45, 7) is 9.28. The zero-order valence-corrected chi connectivity index (χ0v) is 16.2. The molecule has 0 spiro atoms. The van der Waals surface area contributed by atoms with Gasteiger partial charge < -0.3 is 19.5 Å². The summed E-state index contributed by atoms with van der Waals surface area (Å²) >= 11 is 0. The fourth-order valence-corrected chi connectivity index (χ4v) is 3.15. The van der Waals surface area contributed by atoms with Crippen molar-refractivity contribution in [2.24, 2.45) is 5.41 Å². The molecule has 144 valence electrons. The molecule has 2 amide bonds. The molecule has 3 rings (SSSR count). The first-order chi connectivity index (χ1) is 12.8. The standard InChI is InChI=1S/C21H27N3O3/c1-21(2,3)20(26)24-12-10-23(11-13-24)17-8-6-16(7-9-17)19(25)22-15-18-5-4-14-27-18/h4-9,14H,10-13,15H2,1-3H3,(H,22,25). The summed E-state index contributed by atoms with van der Waals surface area (Å²) in [6, 6.07) is 11.2. The van der Waals surface area contributed by atoms with E-state index in [-0.39, 0.29) is 17.2 Å². The van der Waals surface area contributed by atoms with Gasteiger partial charge in [-0.25, -0.2) is 0 Å². The summed E-state index contributed by atoms with van der Waals surface area (Å²) in [5, 5.41) is 2.84. The van der Waals surface area contributed by atoms with Crippen LogP contribution < -0.4 is 10.2 Å². The molecule has 1 aliphatic rings. The molecule has 0 atom stereocenters. The molecule has 1 N–H and O–H groups in total. The van der Waals surface area contributed by atoms with E-state index in [1.165, 1.54) is 0 Å². The number of furan rings is 1. The Kier molecular flexibility index (Phi) is 5.54. The summed E-state index contributed by atoms with van der Waals surface area (Å²) in [6.07, 6.45) is 1.59. The zero-order valence-electron chi connectivity index (χ0n) is 16.2. The summed E-state index contributed by atoms with van der Waals surface area (Å²) < 4.78 is 5.22. The maximum atomic E-state index is 12.4. The minimum atomic E-state index is -0.340. The molecule has 0 bridgehead atoms. The van der Waals surface area contributed by atoms with Gasteiger partial charge in [0.15, 0.2) is 0 Å². The first-order valence-electron chi connectivity index (χ1n) is 9.29. The molecular formula is C21H27N3O3. The largest absolute Gasteiger partial charge is 0.467 e. The van der Waals surface area contributed by atoms with Gasteiger partial charge in [0.25, 0.3) is 5.91 Å². The minimum Gasteiger partial charge on any atom is -0.467 e. The molecular weight excluding hydrogens is 342 g/mol. The second-order valence-electron chi connectivity index (χ2n) is 7.84. The number of nitrogens with one attached hydrogen (secondary N) is 1. The molecule has 1 saturated heterocycles. The van der Waals surface area contributed by atoms with Crippen LogP contribution in [0.5, 0.6) is 0 Å². The summed E-state index contributed by atoms with van der Waals surface area (Å²) in [5.41, 5.74) is 1.35. The second-order valence-corrected chi connectivity index (χ2v) is 7.84. The summed E-state index contributed by atoms with van der Waals surface area (Å²) in [4.78, 5) is 28.8. The Morgan fingerprint density at radius 1 is 1.04 bits per heavy atom. The van der Waals surface area contributed by atoms with Gasteiger partial charge in [-0.05, 0) is 36.4 Å². The molecule has 2 aromatic rings. The molecule has 2 heterocycles. The topological polar surface area (TPSA) is 65.8 Å². The van der Waals surface area contributed by atoms with Crippen LogP contribution in [0.25, 0.3) is 0 Å². The van der Waals surface area contributed by atoms with Crippen molar-refractivity contribution < 1.29 is 14.0 Å². The van der Waals surface area contributed by atoms with Crippen molar-refractivity contribution in [2.45, 2.75) is 27.3 Å². The Labute approximate surface area is 160 Å². The van der Waals surface area contributed by atoms with Gasteiger partial charge in [-0.3, -0.25) is 9.59 Å². The third kappa shape index (κ3) is 4.70. The predicted octanol–water partition coefficient (Wildman–Crippen LogP) is 2.90. The van der Waals surface area contributed by atoms with Gasteiger partial charge in [-0.2, -0.15) is 0 Å². The number of piperazine rings is 1. The van der Waals surface area contributed by atoms with E-state index in [0.29, 0.717) is 12.1 Å². The van der Waals surface area contributed by atoms with E-state index in [2.05, 4.69) is 10.2 Å². The molecule has 0 radical (unpaired) electrons. The number of carbonyl (C=O) groups excluding carboxylic acids is 2.